The minimum atomic E-state index is 0.515. The Labute approximate surface area is 174 Å². The number of hydrogen-bond acceptors (Lipinski definition) is 5. The van der Waals surface area contributed by atoms with Gasteiger partial charge in [0.1, 0.15) is 16.6 Å². The molecule has 6 heteroatoms. The fourth-order valence-electron chi connectivity index (χ4n) is 4.03. The summed E-state index contributed by atoms with van der Waals surface area (Å²) >= 11 is 1.70. The Balaban J connectivity index is 1.21. The van der Waals surface area contributed by atoms with Crippen molar-refractivity contribution in [1.82, 2.24) is 19.9 Å². The topological polar surface area (TPSA) is 54.0 Å². The molecule has 5 nitrogen and oxygen atoms in total. The van der Waals surface area contributed by atoms with Gasteiger partial charge in [0.15, 0.2) is 0 Å². The molecule has 0 aliphatic carbocycles. The lowest BCUT2D eigenvalue weighted by atomic mass is 9.96. The number of ether oxygens (including phenoxy) is 1. The van der Waals surface area contributed by atoms with Gasteiger partial charge in [-0.2, -0.15) is 0 Å². The Morgan fingerprint density at radius 2 is 1.97 bits per heavy atom. The normalized spacial score (nSPS) is 15.8. The predicted octanol–water partition coefficient (Wildman–Crippen LogP) is 5.07. The monoisotopic (exact) mass is 404 g/mol. The molecule has 0 unspecified atom stereocenters. The van der Waals surface area contributed by atoms with Crippen LogP contribution in [0.1, 0.15) is 30.3 Å². The summed E-state index contributed by atoms with van der Waals surface area (Å²) in [7, 11) is 1.70. The van der Waals surface area contributed by atoms with E-state index in [0.717, 1.165) is 71.3 Å². The molecular weight excluding hydrogens is 380 g/mol. The second kappa shape index (κ2) is 7.97. The van der Waals surface area contributed by atoms with E-state index in [1.807, 2.05) is 24.3 Å². The lowest BCUT2D eigenvalue weighted by Crippen LogP contribution is -2.32. The fourth-order valence-corrected chi connectivity index (χ4v) is 4.84. The van der Waals surface area contributed by atoms with Crippen molar-refractivity contribution in [2.75, 3.05) is 20.2 Å². The molecule has 0 atom stereocenters. The van der Waals surface area contributed by atoms with Crippen LogP contribution in [0.5, 0.6) is 5.75 Å². The number of benzene rings is 2. The number of hydrogen-bond donors (Lipinski definition) is 1. The highest BCUT2D eigenvalue weighted by Gasteiger charge is 2.23. The van der Waals surface area contributed by atoms with E-state index < -0.39 is 0 Å². The van der Waals surface area contributed by atoms with Gasteiger partial charge in [-0.25, -0.2) is 9.97 Å². The van der Waals surface area contributed by atoms with Gasteiger partial charge in [-0.05, 0) is 50.2 Å². The van der Waals surface area contributed by atoms with E-state index in [2.05, 4.69) is 39.5 Å². The number of fused-ring (bicyclic) bond motifs is 1. The lowest BCUT2D eigenvalue weighted by molar-refractivity contribution is 0.200. The van der Waals surface area contributed by atoms with E-state index in [0.29, 0.717) is 5.92 Å². The first-order valence-electron chi connectivity index (χ1n) is 10.0. The molecule has 1 fully saturated rings. The zero-order valence-corrected chi connectivity index (χ0v) is 17.3. The highest BCUT2D eigenvalue weighted by atomic mass is 32.1. The van der Waals surface area contributed by atoms with Crippen molar-refractivity contribution in [2.45, 2.75) is 25.3 Å². The smallest absolute Gasteiger partial charge is 0.123 e. The molecule has 2 aromatic heterocycles. The first kappa shape index (κ1) is 18.3. The summed E-state index contributed by atoms with van der Waals surface area (Å²) in [6, 6.07) is 16.4. The van der Waals surface area contributed by atoms with E-state index in [-0.39, 0.29) is 0 Å². The number of nitrogens with one attached hydrogen (secondary N) is 1. The molecule has 0 saturated carbocycles. The second-order valence-electron chi connectivity index (χ2n) is 7.57. The zero-order chi connectivity index (χ0) is 19.6. The average molecular weight is 405 g/mol. The quantitative estimate of drug-likeness (QED) is 0.504. The number of aromatic amines is 1. The van der Waals surface area contributed by atoms with Crippen LogP contribution in [-0.4, -0.2) is 40.1 Å². The van der Waals surface area contributed by atoms with Crippen molar-refractivity contribution in [2.24, 2.45) is 0 Å². The van der Waals surface area contributed by atoms with Crippen LogP contribution in [0.4, 0.5) is 0 Å². The Hall–Kier alpha value is -2.70. The van der Waals surface area contributed by atoms with Crippen molar-refractivity contribution in [3.63, 3.8) is 0 Å². The third-order valence-corrected chi connectivity index (χ3v) is 6.58. The van der Waals surface area contributed by atoms with E-state index in [9.17, 15) is 0 Å². The third kappa shape index (κ3) is 3.91. The van der Waals surface area contributed by atoms with Gasteiger partial charge in [0.25, 0.3) is 0 Å². The molecule has 2 aromatic carbocycles. The summed E-state index contributed by atoms with van der Waals surface area (Å²) < 4.78 is 5.33. The molecule has 0 bridgehead atoms. The number of nitrogens with zero attached hydrogens (tertiary/aromatic N) is 3. The number of thiazole rings is 1. The number of piperidine rings is 1. The standard InChI is InChI=1S/C23H24N4OS/c1-28-19-6-4-5-17(13-19)23-24-18(15-29-23)14-27-11-9-16(10-12-27)22-25-20-7-2-3-8-21(20)26-22/h2-8,13,15-16H,9-12,14H2,1H3,(H,25,26). The molecule has 148 valence electrons. The molecule has 1 saturated heterocycles. The van der Waals surface area contributed by atoms with Crippen LogP contribution in [-0.2, 0) is 6.54 Å². The van der Waals surface area contributed by atoms with Crippen molar-refractivity contribution in [3.05, 3.63) is 65.4 Å². The first-order valence-corrected chi connectivity index (χ1v) is 10.9. The summed E-state index contributed by atoms with van der Waals surface area (Å²) in [5.41, 5.74) is 4.47. The van der Waals surface area contributed by atoms with Gasteiger partial charge in [0, 0.05) is 23.4 Å². The maximum absolute atomic E-state index is 5.33. The van der Waals surface area contributed by atoms with Crippen LogP contribution in [0.3, 0.4) is 0 Å². The molecular formula is C23H24N4OS. The molecule has 1 aliphatic rings. The maximum atomic E-state index is 5.33. The Kier molecular flexibility index (Phi) is 5.04. The molecule has 1 aliphatic heterocycles. The number of para-hydroxylation sites is 2. The van der Waals surface area contributed by atoms with Crippen LogP contribution in [0, 0.1) is 0 Å². The van der Waals surface area contributed by atoms with Crippen LogP contribution in [0.2, 0.25) is 0 Å². The van der Waals surface area contributed by atoms with Gasteiger partial charge in [-0.3, -0.25) is 4.90 Å². The second-order valence-corrected chi connectivity index (χ2v) is 8.42. The minimum Gasteiger partial charge on any atom is -0.497 e. The lowest BCUT2D eigenvalue weighted by Gasteiger charge is -2.30. The summed E-state index contributed by atoms with van der Waals surface area (Å²) in [5, 5.41) is 3.23. The van der Waals surface area contributed by atoms with Crippen LogP contribution >= 0.6 is 11.3 Å². The predicted molar refractivity (Wildman–Crippen MR) is 117 cm³/mol. The number of likely N-dealkylation sites (tertiary alicyclic amines) is 1. The van der Waals surface area contributed by atoms with Crippen molar-refractivity contribution >= 4 is 22.4 Å². The van der Waals surface area contributed by atoms with Gasteiger partial charge < -0.3 is 9.72 Å². The van der Waals surface area contributed by atoms with Crippen molar-refractivity contribution in [3.8, 4) is 16.3 Å². The number of imidazole rings is 1. The Morgan fingerprint density at radius 3 is 2.79 bits per heavy atom. The maximum Gasteiger partial charge on any atom is 0.123 e. The number of H-pyrrole nitrogens is 1. The SMILES string of the molecule is COc1cccc(-c2nc(CN3CCC(c4nc5ccccc5[nH]4)CC3)cs2)c1. The molecule has 4 aromatic rings. The summed E-state index contributed by atoms with van der Waals surface area (Å²) in [6.45, 7) is 3.06. The molecule has 0 radical (unpaired) electrons. The molecule has 0 spiro atoms. The first-order chi connectivity index (χ1) is 14.3. The van der Waals surface area contributed by atoms with Crippen molar-refractivity contribution < 1.29 is 4.74 Å². The summed E-state index contributed by atoms with van der Waals surface area (Å²) in [6.07, 6.45) is 2.26. The van der Waals surface area contributed by atoms with Gasteiger partial charge in [-0.15, -0.1) is 11.3 Å². The number of aromatic nitrogens is 3. The minimum absolute atomic E-state index is 0.515. The van der Waals surface area contributed by atoms with Crippen LogP contribution in [0.15, 0.2) is 53.9 Å². The molecule has 29 heavy (non-hydrogen) atoms. The molecule has 3 heterocycles. The van der Waals surface area contributed by atoms with Gasteiger partial charge in [0.05, 0.1) is 23.8 Å². The number of rotatable bonds is 5. The molecule has 0 amide bonds. The van der Waals surface area contributed by atoms with Gasteiger partial charge >= 0.3 is 0 Å². The van der Waals surface area contributed by atoms with Crippen molar-refractivity contribution in [1.29, 1.82) is 0 Å². The van der Waals surface area contributed by atoms with Crippen LogP contribution in [0.25, 0.3) is 21.6 Å². The van der Waals surface area contributed by atoms with E-state index >= 15 is 0 Å². The summed E-state index contributed by atoms with van der Waals surface area (Å²) in [5.74, 6) is 2.52. The van der Waals surface area contributed by atoms with Gasteiger partial charge in [-0.1, -0.05) is 24.3 Å². The third-order valence-electron chi connectivity index (χ3n) is 5.64. The summed E-state index contributed by atoms with van der Waals surface area (Å²) in [4.78, 5) is 15.7. The van der Waals surface area contributed by atoms with E-state index in [1.54, 1.807) is 18.4 Å². The Bertz CT molecular complexity index is 1080. The largest absolute Gasteiger partial charge is 0.497 e. The Morgan fingerprint density at radius 1 is 1.10 bits per heavy atom. The van der Waals surface area contributed by atoms with E-state index in [1.165, 1.54) is 0 Å². The average Bonchev–Trinajstić information content (AvgIpc) is 3.41. The molecule has 1 N–H and O–H groups in total. The van der Waals surface area contributed by atoms with E-state index in [4.69, 9.17) is 14.7 Å². The number of methoxy groups -OCH3 is 1. The fraction of sp³-hybridized carbons (Fsp3) is 0.304. The van der Waals surface area contributed by atoms with Gasteiger partial charge in [0.2, 0.25) is 0 Å². The highest BCUT2D eigenvalue weighted by Crippen LogP contribution is 2.30. The van der Waals surface area contributed by atoms with Crippen LogP contribution < -0.4 is 4.74 Å². The zero-order valence-electron chi connectivity index (χ0n) is 16.5. The highest BCUT2D eigenvalue weighted by molar-refractivity contribution is 7.13. The molecule has 5 rings (SSSR count).